The molecule has 3 N–H and O–H groups in total. The number of methoxy groups -OCH3 is 1. The van der Waals surface area contributed by atoms with Crippen molar-refractivity contribution in [2.75, 3.05) is 7.11 Å². The minimum absolute atomic E-state index is 0.0374. The molecule has 0 radical (unpaired) electrons. The van der Waals surface area contributed by atoms with E-state index in [0.29, 0.717) is 0 Å². The second kappa shape index (κ2) is 4.05. The Bertz CT molecular complexity index is 188. The average molecular weight is 207 g/mol. The molecule has 0 aromatic carbocycles. The predicted octanol–water partition coefficient (Wildman–Crippen LogP) is 0.374. The quantitative estimate of drug-likeness (QED) is 0.390. The number of carbonyl (C=O) groups excluding carboxylic acids is 1. The largest absolute Gasteiger partial charge is 0.464 e. The van der Waals surface area contributed by atoms with Gasteiger partial charge in [-0.05, 0) is 15.9 Å². The lowest BCUT2D eigenvalue weighted by Gasteiger charge is -1.95. The van der Waals surface area contributed by atoms with Crippen molar-refractivity contribution in [3.8, 4) is 0 Å². The molecule has 10 heavy (non-hydrogen) atoms. The molecule has 0 unspecified atom stereocenters. The predicted molar refractivity (Wildman–Crippen MR) is 40.9 cm³/mol. The van der Waals surface area contributed by atoms with Gasteiger partial charge in [-0.15, -0.1) is 0 Å². The molecule has 4 nitrogen and oxygen atoms in total. The standard InChI is InChI=1S/C5H7BrN2O2/c1-10-5(9)3(7)2-4(6)8/h2,8H,7H2,1H3/b3-2-,8-4?. The molecule has 0 saturated heterocycles. The molecule has 0 atom stereocenters. The van der Waals surface area contributed by atoms with Crippen molar-refractivity contribution in [1.29, 1.82) is 5.41 Å². The van der Waals surface area contributed by atoms with E-state index in [4.69, 9.17) is 11.1 Å². The summed E-state index contributed by atoms with van der Waals surface area (Å²) >= 11 is 2.79. The normalized spacial score (nSPS) is 10.8. The Labute approximate surface area is 66.7 Å². The van der Waals surface area contributed by atoms with Crippen molar-refractivity contribution in [2.45, 2.75) is 0 Å². The molecule has 0 saturated carbocycles. The number of hydrogen-bond acceptors (Lipinski definition) is 4. The Balaban J connectivity index is 4.19. The monoisotopic (exact) mass is 206 g/mol. The van der Waals surface area contributed by atoms with Crippen LogP contribution in [0.2, 0.25) is 0 Å². The average Bonchev–Trinajstić information content (AvgIpc) is 1.85. The molecule has 0 heterocycles. The van der Waals surface area contributed by atoms with Crippen molar-refractivity contribution < 1.29 is 9.53 Å². The molecule has 5 heteroatoms. The number of ether oxygens (including phenoxy) is 1. The van der Waals surface area contributed by atoms with Gasteiger partial charge in [0.1, 0.15) is 5.70 Å². The van der Waals surface area contributed by atoms with Crippen LogP contribution >= 0.6 is 15.9 Å². The van der Waals surface area contributed by atoms with Crippen molar-refractivity contribution >= 4 is 26.5 Å². The molecule has 0 aliphatic rings. The van der Waals surface area contributed by atoms with Crippen LogP contribution in [-0.2, 0) is 9.53 Å². The van der Waals surface area contributed by atoms with Gasteiger partial charge < -0.3 is 10.5 Å². The summed E-state index contributed by atoms with van der Waals surface area (Å²) in [5, 5.41) is 6.85. The Kier molecular flexibility index (Phi) is 3.71. The van der Waals surface area contributed by atoms with E-state index in [1.807, 2.05) is 0 Å². The molecule has 0 fully saturated rings. The van der Waals surface area contributed by atoms with Crippen LogP contribution in [0.5, 0.6) is 0 Å². The zero-order valence-electron chi connectivity index (χ0n) is 5.35. The first-order valence-electron chi connectivity index (χ1n) is 2.37. The molecule has 0 amide bonds. The smallest absolute Gasteiger partial charge is 0.354 e. The van der Waals surface area contributed by atoms with Crippen LogP contribution in [-0.4, -0.2) is 17.7 Å². The van der Waals surface area contributed by atoms with Crippen molar-refractivity contribution in [1.82, 2.24) is 0 Å². The highest BCUT2D eigenvalue weighted by Crippen LogP contribution is 1.93. The van der Waals surface area contributed by atoms with Gasteiger partial charge >= 0.3 is 5.97 Å². The maximum atomic E-state index is 10.5. The van der Waals surface area contributed by atoms with E-state index in [1.165, 1.54) is 7.11 Å². The Morgan fingerprint density at radius 2 is 2.30 bits per heavy atom. The summed E-state index contributed by atoms with van der Waals surface area (Å²) in [6, 6.07) is 0. The molecule has 0 spiro atoms. The van der Waals surface area contributed by atoms with Gasteiger partial charge in [0.05, 0.1) is 11.7 Å². The summed E-state index contributed by atoms with van der Waals surface area (Å²) in [6.07, 6.45) is 1.16. The zero-order valence-corrected chi connectivity index (χ0v) is 6.94. The summed E-state index contributed by atoms with van der Waals surface area (Å²) in [5.74, 6) is -0.635. The first-order chi connectivity index (χ1) is 4.57. The molecule has 0 bridgehead atoms. The minimum Gasteiger partial charge on any atom is -0.464 e. The van der Waals surface area contributed by atoms with Crippen LogP contribution in [0.3, 0.4) is 0 Å². The van der Waals surface area contributed by atoms with E-state index in [9.17, 15) is 4.79 Å². The van der Waals surface area contributed by atoms with Crippen molar-refractivity contribution in [3.05, 3.63) is 11.8 Å². The van der Waals surface area contributed by atoms with Gasteiger partial charge in [-0.1, -0.05) is 0 Å². The van der Waals surface area contributed by atoms with Gasteiger partial charge in [0.15, 0.2) is 0 Å². The highest BCUT2D eigenvalue weighted by atomic mass is 79.9. The van der Waals surface area contributed by atoms with Gasteiger partial charge in [-0.25, -0.2) is 4.79 Å². The SMILES string of the molecule is COC(=O)/C(N)=C/C(=N)Br. The van der Waals surface area contributed by atoms with Crippen LogP contribution in [0, 0.1) is 5.41 Å². The van der Waals surface area contributed by atoms with Gasteiger partial charge in [0.2, 0.25) is 0 Å². The van der Waals surface area contributed by atoms with E-state index in [1.54, 1.807) is 0 Å². The fourth-order valence-electron chi connectivity index (χ4n) is 0.313. The molecule has 0 aliphatic heterocycles. The Morgan fingerprint density at radius 3 is 2.60 bits per heavy atom. The second-order valence-electron chi connectivity index (χ2n) is 1.44. The van der Waals surface area contributed by atoms with Crippen molar-refractivity contribution in [3.63, 3.8) is 0 Å². The number of nitrogens with one attached hydrogen (secondary N) is 1. The maximum Gasteiger partial charge on any atom is 0.354 e. The molecule has 0 aromatic rings. The maximum absolute atomic E-state index is 10.5. The van der Waals surface area contributed by atoms with E-state index in [0.717, 1.165) is 6.08 Å². The number of carbonyl (C=O) groups is 1. The fraction of sp³-hybridized carbons (Fsp3) is 0.200. The second-order valence-corrected chi connectivity index (χ2v) is 2.29. The summed E-state index contributed by atoms with van der Waals surface area (Å²) in [6.45, 7) is 0. The Hall–Kier alpha value is -0.840. The lowest BCUT2D eigenvalue weighted by molar-refractivity contribution is -0.136. The number of rotatable bonds is 2. The topological polar surface area (TPSA) is 76.2 Å². The van der Waals surface area contributed by atoms with E-state index < -0.39 is 5.97 Å². The van der Waals surface area contributed by atoms with Gasteiger partial charge in [0, 0.05) is 6.08 Å². The van der Waals surface area contributed by atoms with Crippen LogP contribution in [0.25, 0.3) is 0 Å². The number of allylic oxidation sites excluding steroid dienone is 1. The van der Waals surface area contributed by atoms with Gasteiger partial charge in [0.25, 0.3) is 0 Å². The highest BCUT2D eigenvalue weighted by Gasteiger charge is 2.02. The van der Waals surface area contributed by atoms with E-state index >= 15 is 0 Å². The first-order valence-corrected chi connectivity index (χ1v) is 3.16. The molecule has 0 aromatic heterocycles. The van der Waals surface area contributed by atoms with Crippen LogP contribution in [0.15, 0.2) is 11.8 Å². The fourth-order valence-corrected chi connectivity index (χ4v) is 0.560. The van der Waals surface area contributed by atoms with Crippen molar-refractivity contribution in [2.24, 2.45) is 5.73 Å². The lowest BCUT2D eigenvalue weighted by Crippen LogP contribution is -2.13. The van der Waals surface area contributed by atoms with Crippen LogP contribution in [0.4, 0.5) is 0 Å². The van der Waals surface area contributed by atoms with E-state index in [2.05, 4.69) is 20.7 Å². The number of esters is 1. The number of nitrogens with two attached hydrogens (primary N) is 1. The summed E-state index contributed by atoms with van der Waals surface area (Å²) in [7, 11) is 1.22. The molecule has 0 aliphatic carbocycles. The molecular formula is C5H7BrN2O2. The Morgan fingerprint density at radius 1 is 1.80 bits per heavy atom. The van der Waals surface area contributed by atoms with E-state index in [-0.39, 0.29) is 10.3 Å². The summed E-state index contributed by atoms with van der Waals surface area (Å²) < 4.78 is 4.30. The first kappa shape index (κ1) is 9.16. The summed E-state index contributed by atoms with van der Waals surface area (Å²) in [5.41, 5.74) is 5.05. The zero-order chi connectivity index (χ0) is 8.15. The lowest BCUT2D eigenvalue weighted by atomic mass is 10.4. The van der Waals surface area contributed by atoms with Gasteiger partial charge in [-0.2, -0.15) is 0 Å². The third-order valence-corrected chi connectivity index (χ3v) is 0.932. The third-order valence-electron chi connectivity index (χ3n) is 0.703. The van der Waals surface area contributed by atoms with Crippen LogP contribution in [0.1, 0.15) is 0 Å². The highest BCUT2D eigenvalue weighted by molar-refractivity contribution is 9.18. The number of hydrogen-bond donors (Lipinski definition) is 2. The minimum atomic E-state index is -0.635. The number of halogens is 1. The van der Waals surface area contributed by atoms with Gasteiger partial charge in [-0.3, -0.25) is 5.41 Å². The molecule has 0 rings (SSSR count). The molecular weight excluding hydrogens is 200 g/mol. The summed E-state index contributed by atoms with van der Waals surface area (Å²) in [4.78, 5) is 10.5. The third kappa shape index (κ3) is 3.24. The van der Waals surface area contributed by atoms with Crippen LogP contribution < -0.4 is 5.73 Å². The molecule has 56 valence electrons.